The number of anilines is 1. The normalized spacial score (nSPS) is 21.7. The first-order chi connectivity index (χ1) is 8.99. The van der Waals surface area contributed by atoms with E-state index < -0.39 is 0 Å². The lowest BCUT2D eigenvalue weighted by molar-refractivity contribution is -0.124. The van der Waals surface area contributed by atoms with E-state index in [0.29, 0.717) is 12.1 Å². The van der Waals surface area contributed by atoms with Crippen LogP contribution >= 0.6 is 0 Å². The molecule has 0 aliphatic carbocycles. The average Bonchev–Trinajstić information content (AvgIpc) is 2.41. The first-order valence-electron chi connectivity index (χ1n) is 6.27. The van der Waals surface area contributed by atoms with Crippen LogP contribution in [0.1, 0.15) is 19.4 Å². The van der Waals surface area contributed by atoms with Gasteiger partial charge < -0.3 is 16.0 Å². The minimum Gasteiger partial charge on any atom is -0.352 e. The minimum absolute atomic E-state index is 0.0498. The lowest BCUT2D eigenvalue weighted by Gasteiger charge is -2.48. The average molecular weight is 258 g/mol. The van der Waals surface area contributed by atoms with E-state index in [4.69, 9.17) is 11.0 Å². The second-order valence-corrected chi connectivity index (χ2v) is 5.31. The van der Waals surface area contributed by atoms with Crippen molar-refractivity contribution in [1.82, 2.24) is 5.32 Å². The van der Waals surface area contributed by atoms with E-state index in [9.17, 15) is 4.79 Å². The summed E-state index contributed by atoms with van der Waals surface area (Å²) in [6, 6.07) is 8.95. The minimum atomic E-state index is -0.378. The van der Waals surface area contributed by atoms with Gasteiger partial charge in [0.15, 0.2) is 0 Å². The van der Waals surface area contributed by atoms with Gasteiger partial charge in [-0.05, 0) is 38.1 Å². The molecule has 1 heterocycles. The van der Waals surface area contributed by atoms with Gasteiger partial charge in [0, 0.05) is 18.8 Å². The van der Waals surface area contributed by atoms with Gasteiger partial charge in [0.2, 0.25) is 5.91 Å². The zero-order valence-electron chi connectivity index (χ0n) is 11.2. The molecule has 0 saturated carbocycles. The molecule has 1 aromatic rings. The van der Waals surface area contributed by atoms with Crippen molar-refractivity contribution in [2.24, 2.45) is 5.73 Å². The largest absolute Gasteiger partial charge is 0.352 e. The molecule has 0 bridgehead atoms. The van der Waals surface area contributed by atoms with Crippen LogP contribution in [0, 0.1) is 11.3 Å². The number of rotatable bonds is 2. The fourth-order valence-electron chi connectivity index (χ4n) is 2.48. The fraction of sp³-hybridized carbons (Fsp3) is 0.429. The van der Waals surface area contributed by atoms with Crippen molar-refractivity contribution in [3.63, 3.8) is 0 Å². The maximum atomic E-state index is 11.9. The van der Waals surface area contributed by atoms with Crippen molar-refractivity contribution >= 4 is 11.6 Å². The van der Waals surface area contributed by atoms with Crippen LogP contribution in [-0.4, -0.2) is 30.6 Å². The summed E-state index contributed by atoms with van der Waals surface area (Å²) in [6.07, 6.45) is 0. The second-order valence-electron chi connectivity index (χ2n) is 5.31. The summed E-state index contributed by atoms with van der Waals surface area (Å²) in [4.78, 5) is 14.0. The highest BCUT2D eigenvalue weighted by atomic mass is 16.2. The molecule has 1 atom stereocenters. The summed E-state index contributed by atoms with van der Waals surface area (Å²) in [7, 11) is 0. The third-order valence-corrected chi connectivity index (χ3v) is 3.46. The monoisotopic (exact) mass is 258 g/mol. The van der Waals surface area contributed by atoms with Crippen LogP contribution in [0.5, 0.6) is 0 Å². The maximum absolute atomic E-state index is 11.9. The predicted octanol–water partition coefficient (Wildman–Crippen LogP) is 0.600. The first kappa shape index (κ1) is 13.4. The van der Waals surface area contributed by atoms with Crippen LogP contribution in [0.2, 0.25) is 0 Å². The number of carbonyl (C=O) groups is 1. The molecule has 0 radical (unpaired) electrons. The van der Waals surface area contributed by atoms with Crippen LogP contribution in [0.4, 0.5) is 5.69 Å². The Bertz CT molecular complexity index is 515. The fourth-order valence-corrected chi connectivity index (χ4v) is 2.48. The zero-order chi connectivity index (χ0) is 14.0. The Morgan fingerprint density at radius 3 is 2.63 bits per heavy atom. The maximum Gasteiger partial charge on any atom is 0.244 e. The number of carbonyl (C=O) groups excluding carboxylic acids is 1. The summed E-state index contributed by atoms with van der Waals surface area (Å²) >= 11 is 0. The second kappa shape index (κ2) is 4.90. The number of nitrogens with two attached hydrogens (primary N) is 1. The van der Waals surface area contributed by atoms with Crippen LogP contribution in [0.3, 0.4) is 0 Å². The molecule has 100 valence electrons. The summed E-state index contributed by atoms with van der Waals surface area (Å²) < 4.78 is 0. The molecule has 1 aromatic carbocycles. The molecule has 1 aliphatic heterocycles. The Hall–Kier alpha value is -2.06. The van der Waals surface area contributed by atoms with Crippen molar-refractivity contribution in [2.45, 2.75) is 25.4 Å². The van der Waals surface area contributed by atoms with E-state index in [1.807, 2.05) is 17.0 Å². The van der Waals surface area contributed by atoms with Gasteiger partial charge in [0.05, 0.1) is 17.2 Å². The van der Waals surface area contributed by atoms with Gasteiger partial charge in [0.1, 0.15) is 6.04 Å². The molecule has 1 aliphatic rings. The Balaban J connectivity index is 2.41. The summed E-state index contributed by atoms with van der Waals surface area (Å²) in [6.45, 7) is 4.96. The van der Waals surface area contributed by atoms with Crippen LogP contribution in [0.15, 0.2) is 24.3 Å². The highest BCUT2D eigenvalue weighted by molar-refractivity contribution is 5.87. The van der Waals surface area contributed by atoms with Gasteiger partial charge in [-0.15, -0.1) is 0 Å². The number of nitrogens with one attached hydrogen (secondary N) is 1. The standard InChI is InChI=1S/C14H18N4O/c1-14(2)9-17-13(19)12(8-16)18(14)11-5-3-10(7-15)4-6-11/h3-6,12H,8-9,16H2,1-2H3,(H,17,19). The van der Waals surface area contributed by atoms with Gasteiger partial charge in [-0.25, -0.2) is 0 Å². The third-order valence-electron chi connectivity index (χ3n) is 3.46. The summed E-state index contributed by atoms with van der Waals surface area (Å²) in [5, 5.41) is 11.7. The van der Waals surface area contributed by atoms with Crippen molar-refractivity contribution in [1.29, 1.82) is 5.26 Å². The molecular formula is C14H18N4O. The zero-order valence-corrected chi connectivity index (χ0v) is 11.2. The van der Waals surface area contributed by atoms with Gasteiger partial charge in [-0.3, -0.25) is 4.79 Å². The number of hydrogen-bond acceptors (Lipinski definition) is 4. The molecule has 5 nitrogen and oxygen atoms in total. The molecule has 5 heteroatoms. The van der Waals surface area contributed by atoms with Gasteiger partial charge in [0.25, 0.3) is 0 Å². The molecule has 0 spiro atoms. The van der Waals surface area contributed by atoms with Crippen LogP contribution in [0.25, 0.3) is 0 Å². The molecular weight excluding hydrogens is 240 g/mol. The number of benzene rings is 1. The molecule has 3 N–H and O–H groups in total. The number of amides is 1. The number of nitrogens with zero attached hydrogens (tertiary/aromatic N) is 2. The van der Waals surface area contributed by atoms with E-state index in [-0.39, 0.29) is 24.0 Å². The smallest absolute Gasteiger partial charge is 0.244 e. The molecule has 1 unspecified atom stereocenters. The molecule has 1 saturated heterocycles. The summed E-state index contributed by atoms with van der Waals surface area (Å²) in [5.74, 6) is -0.0498. The number of piperazine rings is 1. The van der Waals surface area contributed by atoms with Crippen molar-refractivity contribution in [3.05, 3.63) is 29.8 Å². The van der Waals surface area contributed by atoms with Crippen LogP contribution in [-0.2, 0) is 4.79 Å². The molecule has 1 amide bonds. The quantitative estimate of drug-likeness (QED) is 0.814. The molecule has 19 heavy (non-hydrogen) atoms. The topological polar surface area (TPSA) is 82.2 Å². The van der Waals surface area contributed by atoms with E-state index in [1.165, 1.54) is 0 Å². The SMILES string of the molecule is CC1(C)CNC(=O)C(CN)N1c1ccc(C#N)cc1. The Morgan fingerprint density at radius 2 is 2.11 bits per heavy atom. The lowest BCUT2D eigenvalue weighted by Crippen LogP contribution is -2.67. The molecule has 1 fully saturated rings. The molecule has 0 aromatic heterocycles. The van der Waals surface area contributed by atoms with Gasteiger partial charge in [-0.1, -0.05) is 0 Å². The van der Waals surface area contributed by atoms with E-state index in [2.05, 4.69) is 25.2 Å². The Labute approximate surface area is 113 Å². The van der Waals surface area contributed by atoms with Gasteiger partial charge >= 0.3 is 0 Å². The predicted molar refractivity (Wildman–Crippen MR) is 73.6 cm³/mol. The number of hydrogen-bond donors (Lipinski definition) is 2. The Kier molecular flexibility index (Phi) is 3.45. The molecule has 2 rings (SSSR count). The summed E-state index contributed by atoms with van der Waals surface area (Å²) in [5.41, 5.74) is 7.04. The van der Waals surface area contributed by atoms with E-state index in [1.54, 1.807) is 12.1 Å². The van der Waals surface area contributed by atoms with E-state index in [0.717, 1.165) is 5.69 Å². The van der Waals surface area contributed by atoms with Crippen molar-refractivity contribution in [3.8, 4) is 6.07 Å². The van der Waals surface area contributed by atoms with Crippen molar-refractivity contribution in [2.75, 3.05) is 18.0 Å². The van der Waals surface area contributed by atoms with E-state index >= 15 is 0 Å². The third kappa shape index (κ3) is 2.40. The lowest BCUT2D eigenvalue weighted by atomic mass is 9.94. The van der Waals surface area contributed by atoms with Crippen LogP contribution < -0.4 is 16.0 Å². The number of nitriles is 1. The van der Waals surface area contributed by atoms with Crippen molar-refractivity contribution < 1.29 is 4.79 Å². The Morgan fingerprint density at radius 1 is 1.47 bits per heavy atom. The highest BCUT2D eigenvalue weighted by Crippen LogP contribution is 2.29. The highest BCUT2D eigenvalue weighted by Gasteiger charge is 2.40. The first-order valence-corrected chi connectivity index (χ1v) is 6.27. The van der Waals surface area contributed by atoms with Gasteiger partial charge in [-0.2, -0.15) is 5.26 Å².